The van der Waals surface area contributed by atoms with Crippen molar-refractivity contribution in [3.05, 3.63) is 14.7 Å². The quantitative estimate of drug-likeness (QED) is 0.562. The Bertz CT molecular complexity index is 517. The first-order valence-corrected chi connectivity index (χ1v) is 10.1. The first-order valence-electron chi connectivity index (χ1n) is 6.98. The molecule has 1 heterocycles. The van der Waals surface area contributed by atoms with Crippen molar-refractivity contribution in [2.24, 2.45) is 0 Å². The van der Waals surface area contributed by atoms with Gasteiger partial charge >= 0.3 is 0 Å². The minimum atomic E-state index is -3.44. The minimum absolute atomic E-state index is 0.326. The molecule has 0 radical (unpaired) electrons. The first-order chi connectivity index (χ1) is 10.0. The number of methoxy groups -OCH3 is 1. The standard InChI is InChI=1S/C13H23BrN2O3S2/c1-3-6-15-10-11-9-12(13(14)20-11)21(17,18)16-7-4-5-8-19-2/h9,15-16H,3-8,10H2,1-2H3. The van der Waals surface area contributed by atoms with Crippen molar-refractivity contribution >= 4 is 37.3 Å². The molecule has 1 aromatic heterocycles. The van der Waals surface area contributed by atoms with Crippen molar-refractivity contribution in [1.29, 1.82) is 0 Å². The van der Waals surface area contributed by atoms with E-state index in [4.69, 9.17) is 4.74 Å². The van der Waals surface area contributed by atoms with Gasteiger partial charge in [0.1, 0.15) is 4.90 Å². The zero-order chi connectivity index (χ0) is 15.7. The van der Waals surface area contributed by atoms with E-state index in [0.717, 1.165) is 30.7 Å². The predicted octanol–water partition coefficient (Wildman–Crippen LogP) is 2.72. The van der Waals surface area contributed by atoms with Crippen molar-refractivity contribution in [1.82, 2.24) is 10.0 Å². The summed E-state index contributed by atoms with van der Waals surface area (Å²) in [6.07, 6.45) is 2.66. The summed E-state index contributed by atoms with van der Waals surface area (Å²) in [4.78, 5) is 1.34. The lowest BCUT2D eigenvalue weighted by molar-refractivity contribution is 0.193. The molecule has 0 saturated carbocycles. The second-order valence-corrected chi connectivity index (χ2v) is 8.82. The van der Waals surface area contributed by atoms with Crippen LogP contribution in [0.1, 0.15) is 31.1 Å². The third-order valence-corrected chi connectivity index (χ3v) is 6.50. The van der Waals surface area contributed by atoms with E-state index in [1.807, 2.05) is 0 Å². The zero-order valence-corrected chi connectivity index (χ0v) is 15.7. The van der Waals surface area contributed by atoms with Crippen LogP contribution in [0.25, 0.3) is 0 Å². The number of rotatable bonds is 11. The molecule has 0 bridgehead atoms. The Morgan fingerprint density at radius 2 is 2.10 bits per heavy atom. The summed E-state index contributed by atoms with van der Waals surface area (Å²) in [7, 11) is -1.80. The molecular formula is C13H23BrN2O3S2. The highest BCUT2D eigenvalue weighted by Crippen LogP contribution is 2.31. The fourth-order valence-corrected chi connectivity index (χ4v) is 5.44. The van der Waals surface area contributed by atoms with E-state index < -0.39 is 10.0 Å². The van der Waals surface area contributed by atoms with Gasteiger partial charge < -0.3 is 10.1 Å². The maximum Gasteiger partial charge on any atom is 0.242 e. The molecule has 1 aromatic rings. The molecule has 8 heteroatoms. The van der Waals surface area contributed by atoms with Crippen LogP contribution in [0, 0.1) is 0 Å². The van der Waals surface area contributed by atoms with Crippen molar-refractivity contribution in [2.45, 2.75) is 37.6 Å². The predicted molar refractivity (Wildman–Crippen MR) is 90.3 cm³/mol. The fraction of sp³-hybridized carbons (Fsp3) is 0.692. The molecule has 5 nitrogen and oxygen atoms in total. The van der Waals surface area contributed by atoms with E-state index in [0.29, 0.717) is 28.4 Å². The van der Waals surface area contributed by atoms with Crippen LogP contribution < -0.4 is 10.0 Å². The summed E-state index contributed by atoms with van der Waals surface area (Å²) in [5, 5.41) is 3.27. The van der Waals surface area contributed by atoms with E-state index in [2.05, 4.69) is 32.9 Å². The number of sulfonamides is 1. The minimum Gasteiger partial charge on any atom is -0.385 e. The summed E-state index contributed by atoms with van der Waals surface area (Å²) in [6, 6.07) is 1.73. The van der Waals surface area contributed by atoms with Crippen molar-refractivity contribution in [2.75, 3.05) is 26.8 Å². The highest BCUT2D eigenvalue weighted by Gasteiger charge is 2.20. The maximum absolute atomic E-state index is 12.2. The fourth-order valence-electron chi connectivity index (χ4n) is 1.71. The zero-order valence-electron chi connectivity index (χ0n) is 12.4. The second kappa shape index (κ2) is 9.91. The third kappa shape index (κ3) is 6.75. The topological polar surface area (TPSA) is 67.4 Å². The van der Waals surface area contributed by atoms with Gasteiger partial charge in [0.2, 0.25) is 10.0 Å². The van der Waals surface area contributed by atoms with Gasteiger partial charge in [-0.15, -0.1) is 11.3 Å². The summed E-state index contributed by atoms with van der Waals surface area (Å²) in [5.41, 5.74) is 0. The van der Waals surface area contributed by atoms with Crippen LogP contribution in [-0.2, 0) is 21.3 Å². The van der Waals surface area contributed by atoms with Crippen LogP contribution in [-0.4, -0.2) is 35.2 Å². The SMILES string of the molecule is CCCNCc1cc(S(=O)(=O)NCCCCOC)c(Br)s1. The molecule has 0 spiro atoms. The Hall–Kier alpha value is 0.01000. The van der Waals surface area contributed by atoms with Gasteiger partial charge in [0, 0.05) is 31.7 Å². The van der Waals surface area contributed by atoms with Gasteiger partial charge in [0.05, 0.1) is 3.79 Å². The molecule has 2 N–H and O–H groups in total. The molecule has 0 aromatic carbocycles. The number of ether oxygens (including phenoxy) is 1. The number of unbranched alkanes of at least 4 members (excludes halogenated alkanes) is 1. The Labute approximate surface area is 139 Å². The third-order valence-electron chi connectivity index (χ3n) is 2.79. The number of hydrogen-bond acceptors (Lipinski definition) is 5. The molecule has 0 aliphatic heterocycles. The number of thiophene rings is 1. The van der Waals surface area contributed by atoms with E-state index in [9.17, 15) is 8.42 Å². The van der Waals surface area contributed by atoms with Gasteiger partial charge in [-0.05, 0) is 47.8 Å². The molecule has 0 unspecified atom stereocenters. The lowest BCUT2D eigenvalue weighted by Gasteiger charge is -2.05. The van der Waals surface area contributed by atoms with Crippen LogP contribution >= 0.6 is 27.3 Å². The molecule has 122 valence electrons. The highest BCUT2D eigenvalue weighted by atomic mass is 79.9. The van der Waals surface area contributed by atoms with E-state index in [1.165, 1.54) is 11.3 Å². The van der Waals surface area contributed by atoms with E-state index in [1.54, 1.807) is 13.2 Å². The second-order valence-electron chi connectivity index (χ2n) is 4.63. The monoisotopic (exact) mass is 398 g/mol. The highest BCUT2D eigenvalue weighted by molar-refractivity contribution is 9.11. The van der Waals surface area contributed by atoms with Gasteiger partial charge in [0.25, 0.3) is 0 Å². The molecule has 0 atom stereocenters. The number of hydrogen-bond donors (Lipinski definition) is 2. The lowest BCUT2D eigenvalue weighted by atomic mass is 10.3. The normalized spacial score (nSPS) is 12.0. The Morgan fingerprint density at radius 1 is 1.33 bits per heavy atom. The van der Waals surface area contributed by atoms with E-state index in [-0.39, 0.29) is 0 Å². The molecule has 1 rings (SSSR count). The molecular weight excluding hydrogens is 376 g/mol. The van der Waals surface area contributed by atoms with Crippen molar-refractivity contribution in [3.63, 3.8) is 0 Å². The van der Waals surface area contributed by atoms with Crippen LogP contribution in [0.3, 0.4) is 0 Å². The lowest BCUT2D eigenvalue weighted by Crippen LogP contribution is -2.25. The number of halogens is 1. The molecule has 0 amide bonds. The van der Waals surface area contributed by atoms with Gasteiger partial charge in [-0.25, -0.2) is 13.1 Å². The number of nitrogens with one attached hydrogen (secondary N) is 2. The Morgan fingerprint density at radius 3 is 2.76 bits per heavy atom. The summed E-state index contributed by atoms with van der Waals surface area (Å²) >= 11 is 4.80. The van der Waals surface area contributed by atoms with Crippen LogP contribution in [0.4, 0.5) is 0 Å². The average molecular weight is 399 g/mol. The largest absolute Gasteiger partial charge is 0.385 e. The maximum atomic E-state index is 12.2. The molecule has 0 aliphatic carbocycles. The Balaban J connectivity index is 2.57. The van der Waals surface area contributed by atoms with Gasteiger partial charge in [-0.1, -0.05) is 6.92 Å². The van der Waals surface area contributed by atoms with Crippen molar-refractivity contribution < 1.29 is 13.2 Å². The summed E-state index contributed by atoms with van der Waals surface area (Å²) < 4.78 is 32.7. The van der Waals surface area contributed by atoms with Crippen LogP contribution in [0.2, 0.25) is 0 Å². The summed E-state index contributed by atoms with van der Waals surface area (Å²) in [6.45, 7) is 4.80. The molecule has 0 saturated heterocycles. The first kappa shape index (κ1) is 19.1. The van der Waals surface area contributed by atoms with E-state index >= 15 is 0 Å². The van der Waals surface area contributed by atoms with Gasteiger partial charge in [0.15, 0.2) is 0 Å². The van der Waals surface area contributed by atoms with Gasteiger partial charge in [-0.2, -0.15) is 0 Å². The molecule has 0 aliphatic rings. The van der Waals surface area contributed by atoms with Gasteiger partial charge in [-0.3, -0.25) is 0 Å². The van der Waals surface area contributed by atoms with Crippen LogP contribution in [0.15, 0.2) is 14.7 Å². The molecule has 21 heavy (non-hydrogen) atoms. The molecule has 0 fully saturated rings. The summed E-state index contributed by atoms with van der Waals surface area (Å²) in [5.74, 6) is 0. The van der Waals surface area contributed by atoms with Crippen molar-refractivity contribution in [3.8, 4) is 0 Å². The Kier molecular flexibility index (Phi) is 9.00. The van der Waals surface area contributed by atoms with Crippen LogP contribution in [0.5, 0.6) is 0 Å². The smallest absolute Gasteiger partial charge is 0.242 e. The average Bonchev–Trinajstić information content (AvgIpc) is 2.81.